The molecule has 0 radical (unpaired) electrons. The van der Waals surface area contributed by atoms with Crippen LogP contribution in [0.5, 0.6) is 0 Å². The number of fused-ring (bicyclic) bond motifs is 10. The van der Waals surface area contributed by atoms with Crippen LogP contribution in [0.4, 0.5) is 17.1 Å². The first-order chi connectivity index (χ1) is 26.0. The molecule has 0 unspecified atom stereocenters. The quantitative estimate of drug-likeness (QED) is 0.172. The molecule has 0 saturated carbocycles. The summed E-state index contributed by atoms with van der Waals surface area (Å²) in [5.41, 5.74) is 13.3. The van der Waals surface area contributed by atoms with Crippen molar-refractivity contribution in [1.82, 2.24) is 0 Å². The number of anilines is 3. The fraction of sp³-hybridized carbons (Fsp3) is 0.0980. The third kappa shape index (κ3) is 4.45. The monoisotopic (exact) mass is 679 g/mol. The number of benzene rings is 8. The van der Waals surface area contributed by atoms with E-state index in [2.05, 4.69) is 176 Å². The molecule has 0 N–H and O–H groups in total. The average molecular weight is 680 g/mol. The first kappa shape index (κ1) is 30.3. The van der Waals surface area contributed by atoms with Gasteiger partial charge in [-0.15, -0.1) is 0 Å². The molecule has 1 aromatic heterocycles. The largest absolute Gasteiger partial charge is 0.456 e. The molecule has 0 saturated heterocycles. The van der Waals surface area contributed by atoms with Gasteiger partial charge in [-0.3, -0.25) is 0 Å². The second kappa shape index (κ2) is 11.3. The van der Waals surface area contributed by atoms with Crippen molar-refractivity contribution in [3.05, 3.63) is 181 Å². The van der Waals surface area contributed by atoms with Gasteiger partial charge in [-0.25, -0.2) is 0 Å². The van der Waals surface area contributed by atoms with E-state index in [1.54, 1.807) is 5.57 Å². The number of furan rings is 1. The van der Waals surface area contributed by atoms with Crippen LogP contribution in [0.2, 0.25) is 0 Å². The van der Waals surface area contributed by atoms with Crippen molar-refractivity contribution in [2.45, 2.75) is 32.1 Å². The lowest BCUT2D eigenvalue weighted by molar-refractivity contribution is 0.607. The normalized spacial score (nSPS) is 14.8. The molecule has 0 fully saturated rings. The first-order valence-electron chi connectivity index (χ1n) is 18.7. The van der Waals surface area contributed by atoms with Crippen LogP contribution in [0.15, 0.2) is 174 Å². The molecule has 0 spiro atoms. The number of para-hydroxylation sites is 1. The lowest BCUT2D eigenvalue weighted by Crippen LogP contribution is -2.18. The Labute approximate surface area is 308 Å². The van der Waals surface area contributed by atoms with E-state index in [1.165, 1.54) is 65.8 Å². The Balaban J connectivity index is 1.12. The summed E-state index contributed by atoms with van der Waals surface area (Å²) in [5, 5.41) is 9.95. The summed E-state index contributed by atoms with van der Waals surface area (Å²) in [6.07, 6.45) is 6.91. The predicted molar refractivity (Wildman–Crippen MR) is 225 cm³/mol. The van der Waals surface area contributed by atoms with Gasteiger partial charge in [0.15, 0.2) is 0 Å². The molecule has 252 valence electrons. The maximum atomic E-state index is 6.46. The topological polar surface area (TPSA) is 16.4 Å². The van der Waals surface area contributed by atoms with Crippen LogP contribution in [-0.4, -0.2) is 0 Å². The molecule has 9 aromatic rings. The van der Waals surface area contributed by atoms with Gasteiger partial charge >= 0.3 is 0 Å². The molecule has 0 atom stereocenters. The number of hydrogen-bond acceptors (Lipinski definition) is 2. The molecule has 1 heterocycles. The van der Waals surface area contributed by atoms with Gasteiger partial charge < -0.3 is 9.32 Å². The summed E-state index contributed by atoms with van der Waals surface area (Å²) in [6.45, 7) is 4.79. The minimum Gasteiger partial charge on any atom is -0.456 e. The molecule has 2 heteroatoms. The predicted octanol–water partition coefficient (Wildman–Crippen LogP) is 14.6. The van der Waals surface area contributed by atoms with Crippen LogP contribution in [-0.2, 0) is 5.41 Å². The Morgan fingerprint density at radius 1 is 0.547 bits per heavy atom. The number of allylic oxidation sites excluding steroid dienone is 4. The molecule has 53 heavy (non-hydrogen) atoms. The Bertz CT molecular complexity index is 3030. The van der Waals surface area contributed by atoms with Gasteiger partial charge in [0, 0.05) is 39.2 Å². The molecule has 2 nitrogen and oxygen atoms in total. The smallest absolute Gasteiger partial charge is 0.137 e. The summed E-state index contributed by atoms with van der Waals surface area (Å²) in [5.74, 6) is 0. The van der Waals surface area contributed by atoms with E-state index >= 15 is 0 Å². The number of rotatable bonds is 4. The molecule has 0 amide bonds. The molecule has 0 aliphatic heterocycles. The van der Waals surface area contributed by atoms with Crippen molar-refractivity contribution in [2.75, 3.05) is 4.90 Å². The molecule has 2 aliphatic carbocycles. The summed E-state index contributed by atoms with van der Waals surface area (Å²) in [6, 6.07) is 55.6. The summed E-state index contributed by atoms with van der Waals surface area (Å²) >= 11 is 0. The van der Waals surface area contributed by atoms with Crippen LogP contribution in [0.25, 0.3) is 71.0 Å². The lowest BCUT2D eigenvalue weighted by Gasteiger charge is -2.29. The van der Waals surface area contributed by atoms with Crippen molar-refractivity contribution in [3.8, 4) is 11.1 Å². The van der Waals surface area contributed by atoms with Gasteiger partial charge in [-0.05, 0) is 110 Å². The summed E-state index contributed by atoms with van der Waals surface area (Å²) < 4.78 is 6.46. The molecular formula is C51H37NO. The summed E-state index contributed by atoms with van der Waals surface area (Å²) in [7, 11) is 0. The lowest BCUT2D eigenvalue weighted by atomic mass is 9.78. The highest BCUT2D eigenvalue weighted by Gasteiger charge is 2.39. The average Bonchev–Trinajstić information content (AvgIpc) is 3.69. The van der Waals surface area contributed by atoms with Gasteiger partial charge in [0.05, 0.1) is 5.69 Å². The van der Waals surface area contributed by atoms with Crippen LogP contribution < -0.4 is 4.90 Å². The zero-order valence-corrected chi connectivity index (χ0v) is 29.9. The van der Waals surface area contributed by atoms with E-state index < -0.39 is 0 Å². The van der Waals surface area contributed by atoms with Gasteiger partial charge in [0.25, 0.3) is 0 Å². The van der Waals surface area contributed by atoms with Crippen LogP contribution in [0, 0.1) is 0 Å². The highest BCUT2D eigenvalue weighted by Crippen LogP contribution is 2.54. The maximum Gasteiger partial charge on any atom is 0.137 e. The second-order valence-corrected chi connectivity index (χ2v) is 15.2. The molecule has 2 aliphatic rings. The minimum absolute atomic E-state index is 0.0229. The van der Waals surface area contributed by atoms with E-state index in [4.69, 9.17) is 4.42 Å². The number of hydrogen-bond donors (Lipinski definition) is 0. The van der Waals surface area contributed by atoms with E-state index in [0.29, 0.717) is 0 Å². The molecule has 0 bridgehead atoms. The molecular weight excluding hydrogens is 643 g/mol. The highest BCUT2D eigenvalue weighted by atomic mass is 16.3. The second-order valence-electron chi connectivity index (χ2n) is 15.2. The number of nitrogens with zero attached hydrogens (tertiary/aromatic N) is 1. The van der Waals surface area contributed by atoms with Crippen LogP contribution >= 0.6 is 0 Å². The standard InChI is InChI=1S/C51H37NO/c1-51(2)45-18-9-7-17-42(45)50-46(51)19-11-20-47(50)52(35-27-29-41-40-16-8-10-21-48(40)53-49(41)30-35)34-25-22-33(23-26-34)43-31-44-36-13-4-3-12-32(36)24-28-39(44)37-14-5-6-15-38(37)43/h3-8,10-17,19-31H,9,18H2,1-2H3. The Morgan fingerprint density at radius 2 is 1.25 bits per heavy atom. The summed E-state index contributed by atoms with van der Waals surface area (Å²) in [4.78, 5) is 2.44. The van der Waals surface area contributed by atoms with Gasteiger partial charge in [-0.2, -0.15) is 0 Å². The van der Waals surface area contributed by atoms with Gasteiger partial charge in [0.2, 0.25) is 0 Å². The molecule has 11 rings (SSSR count). The Hall–Kier alpha value is -6.38. The SMILES string of the molecule is CC1(C)C2=C(C=CCC2)c2c(N(c3ccc(-c4cc5c6ccccc6ccc5c5ccccc45)cc3)c3ccc4c(c3)oc3ccccc34)cccc21. The zero-order chi connectivity index (χ0) is 35.3. The fourth-order valence-corrected chi connectivity index (χ4v) is 9.41. The van der Waals surface area contributed by atoms with Crippen molar-refractivity contribution in [3.63, 3.8) is 0 Å². The highest BCUT2D eigenvalue weighted by molar-refractivity contribution is 6.21. The minimum atomic E-state index is -0.0229. The molecule has 8 aromatic carbocycles. The third-order valence-electron chi connectivity index (χ3n) is 12.0. The van der Waals surface area contributed by atoms with Crippen molar-refractivity contribution >= 4 is 76.9 Å². The van der Waals surface area contributed by atoms with Crippen LogP contribution in [0.3, 0.4) is 0 Å². The Kier molecular flexibility index (Phi) is 6.46. The first-order valence-corrected chi connectivity index (χ1v) is 18.7. The third-order valence-corrected chi connectivity index (χ3v) is 12.0. The van der Waals surface area contributed by atoms with Crippen molar-refractivity contribution < 1.29 is 4.42 Å². The maximum absolute atomic E-state index is 6.46. The van der Waals surface area contributed by atoms with E-state index in [0.717, 1.165) is 46.2 Å². The zero-order valence-electron chi connectivity index (χ0n) is 29.9. The van der Waals surface area contributed by atoms with Crippen molar-refractivity contribution in [2.24, 2.45) is 0 Å². The van der Waals surface area contributed by atoms with Gasteiger partial charge in [0.1, 0.15) is 11.2 Å². The van der Waals surface area contributed by atoms with Crippen LogP contribution in [0.1, 0.15) is 37.8 Å². The van der Waals surface area contributed by atoms with Crippen molar-refractivity contribution in [1.29, 1.82) is 0 Å². The fourth-order valence-electron chi connectivity index (χ4n) is 9.41. The van der Waals surface area contributed by atoms with Gasteiger partial charge in [-0.1, -0.05) is 135 Å². The van der Waals surface area contributed by atoms with E-state index in [1.807, 2.05) is 6.07 Å². The van der Waals surface area contributed by atoms with E-state index in [9.17, 15) is 0 Å². The Morgan fingerprint density at radius 3 is 2.11 bits per heavy atom. The van der Waals surface area contributed by atoms with E-state index in [-0.39, 0.29) is 5.41 Å².